The number of carboxylic acids is 1. The number of nitrogens with zero attached hydrogens (tertiary/aromatic N) is 1. The summed E-state index contributed by atoms with van der Waals surface area (Å²) in [6.45, 7) is 3.67. The van der Waals surface area contributed by atoms with E-state index in [-0.39, 0.29) is 49.1 Å². The van der Waals surface area contributed by atoms with Gasteiger partial charge in [0.25, 0.3) is 0 Å². The Morgan fingerprint density at radius 3 is 2.71 bits per heavy atom. The van der Waals surface area contributed by atoms with E-state index in [4.69, 9.17) is 5.11 Å². The topological polar surface area (TPSA) is 86.7 Å². The summed E-state index contributed by atoms with van der Waals surface area (Å²) in [5.74, 6) is -3.55. The lowest BCUT2D eigenvalue weighted by Crippen LogP contribution is -2.43. The van der Waals surface area contributed by atoms with Crippen molar-refractivity contribution < 1.29 is 28.3 Å². The van der Waals surface area contributed by atoms with Crippen LogP contribution < -0.4 is 5.32 Å². The maximum Gasteiger partial charge on any atom is 0.305 e. The zero-order valence-electron chi connectivity index (χ0n) is 16.1. The van der Waals surface area contributed by atoms with Crippen LogP contribution in [0, 0.1) is 17.6 Å². The number of hydrogen-bond donors (Lipinski definition) is 2. The molecule has 3 atom stereocenters. The quantitative estimate of drug-likeness (QED) is 0.672. The number of likely N-dealkylation sites (tertiary alicyclic amines) is 1. The van der Waals surface area contributed by atoms with E-state index in [0.29, 0.717) is 12.8 Å². The highest BCUT2D eigenvalue weighted by molar-refractivity contribution is 5.82. The summed E-state index contributed by atoms with van der Waals surface area (Å²) in [6, 6.07) is 2.86. The zero-order chi connectivity index (χ0) is 20.8. The third kappa shape index (κ3) is 5.50. The monoisotopic (exact) mass is 396 g/mol. The van der Waals surface area contributed by atoms with Gasteiger partial charge in [-0.1, -0.05) is 32.4 Å². The number of halogens is 2. The number of hydrogen-bond acceptors (Lipinski definition) is 3. The highest BCUT2D eigenvalue weighted by Gasteiger charge is 2.34. The molecule has 28 heavy (non-hydrogen) atoms. The van der Waals surface area contributed by atoms with Crippen LogP contribution in [0.25, 0.3) is 0 Å². The van der Waals surface area contributed by atoms with Gasteiger partial charge in [0.1, 0.15) is 0 Å². The van der Waals surface area contributed by atoms with Gasteiger partial charge in [-0.15, -0.1) is 0 Å². The Labute approximate surface area is 162 Å². The van der Waals surface area contributed by atoms with Crippen molar-refractivity contribution in [1.29, 1.82) is 0 Å². The summed E-state index contributed by atoms with van der Waals surface area (Å²) in [7, 11) is 0. The highest BCUT2D eigenvalue weighted by Crippen LogP contribution is 2.25. The van der Waals surface area contributed by atoms with Gasteiger partial charge in [0, 0.05) is 37.0 Å². The Kier molecular flexibility index (Phi) is 7.48. The molecule has 2 unspecified atom stereocenters. The number of carboxylic acid groups (broad SMARTS) is 1. The van der Waals surface area contributed by atoms with E-state index in [2.05, 4.69) is 5.32 Å². The van der Waals surface area contributed by atoms with Crippen molar-refractivity contribution in [2.75, 3.05) is 0 Å². The van der Waals surface area contributed by atoms with Gasteiger partial charge in [-0.2, -0.15) is 0 Å². The Balaban J connectivity index is 2.04. The van der Waals surface area contributed by atoms with Crippen molar-refractivity contribution in [3.63, 3.8) is 0 Å². The number of carbonyl (C=O) groups is 3. The zero-order valence-corrected chi connectivity index (χ0v) is 16.1. The van der Waals surface area contributed by atoms with Gasteiger partial charge in [-0.05, 0) is 18.4 Å². The van der Waals surface area contributed by atoms with Crippen LogP contribution in [-0.4, -0.2) is 39.9 Å². The molecule has 1 fully saturated rings. The molecule has 1 aromatic carbocycles. The summed E-state index contributed by atoms with van der Waals surface area (Å²) >= 11 is 0. The van der Waals surface area contributed by atoms with Crippen LogP contribution in [0.3, 0.4) is 0 Å². The number of nitrogens with one attached hydrogen (secondary N) is 1. The average Bonchev–Trinajstić information content (AvgIpc) is 2.97. The van der Waals surface area contributed by atoms with E-state index in [9.17, 15) is 23.2 Å². The molecule has 0 spiro atoms. The van der Waals surface area contributed by atoms with Crippen molar-refractivity contribution in [3.05, 3.63) is 35.4 Å². The van der Waals surface area contributed by atoms with Gasteiger partial charge in [0.15, 0.2) is 11.6 Å². The molecule has 0 aliphatic carbocycles. The fourth-order valence-corrected chi connectivity index (χ4v) is 3.42. The van der Waals surface area contributed by atoms with Gasteiger partial charge in [0.2, 0.25) is 11.8 Å². The lowest BCUT2D eigenvalue weighted by atomic mass is 9.96. The van der Waals surface area contributed by atoms with Gasteiger partial charge in [-0.3, -0.25) is 14.4 Å². The van der Waals surface area contributed by atoms with Gasteiger partial charge >= 0.3 is 5.97 Å². The first-order valence-electron chi connectivity index (χ1n) is 9.46. The fourth-order valence-electron chi connectivity index (χ4n) is 3.42. The molecule has 0 radical (unpaired) electrons. The van der Waals surface area contributed by atoms with Crippen molar-refractivity contribution in [1.82, 2.24) is 10.2 Å². The smallest absolute Gasteiger partial charge is 0.305 e. The average molecular weight is 396 g/mol. The Morgan fingerprint density at radius 2 is 2.07 bits per heavy atom. The number of carbonyl (C=O) groups excluding carboxylic acids is 2. The van der Waals surface area contributed by atoms with Crippen molar-refractivity contribution >= 4 is 17.8 Å². The predicted octanol–water partition coefficient (Wildman–Crippen LogP) is 2.85. The predicted molar refractivity (Wildman–Crippen MR) is 98.2 cm³/mol. The summed E-state index contributed by atoms with van der Waals surface area (Å²) in [6.07, 6.45) is 1.21. The van der Waals surface area contributed by atoms with E-state index in [0.717, 1.165) is 6.07 Å². The summed E-state index contributed by atoms with van der Waals surface area (Å²) in [4.78, 5) is 37.1. The Bertz CT molecular complexity index is 741. The normalized spacial score (nSPS) is 18.8. The fraction of sp³-hybridized carbons (Fsp3) is 0.550. The summed E-state index contributed by atoms with van der Waals surface area (Å²) < 4.78 is 27.4. The minimum Gasteiger partial charge on any atom is -0.481 e. The van der Waals surface area contributed by atoms with E-state index in [1.165, 1.54) is 17.0 Å². The van der Waals surface area contributed by atoms with E-state index in [1.54, 1.807) is 0 Å². The second-order valence-corrected chi connectivity index (χ2v) is 7.29. The molecule has 0 saturated carbocycles. The molecule has 1 aliphatic rings. The lowest BCUT2D eigenvalue weighted by molar-refractivity contribution is -0.138. The molecule has 2 amide bonds. The van der Waals surface area contributed by atoms with E-state index < -0.39 is 29.7 Å². The van der Waals surface area contributed by atoms with Crippen molar-refractivity contribution in [2.45, 2.75) is 64.6 Å². The highest BCUT2D eigenvalue weighted by atomic mass is 19.2. The lowest BCUT2D eigenvalue weighted by Gasteiger charge is -2.27. The number of amides is 2. The third-order valence-electron chi connectivity index (χ3n) is 5.32. The second-order valence-electron chi connectivity index (χ2n) is 7.29. The molecule has 0 bridgehead atoms. The molecule has 1 aliphatic heterocycles. The molecule has 6 nitrogen and oxygen atoms in total. The molecule has 2 rings (SSSR count). The molecule has 0 aromatic heterocycles. The van der Waals surface area contributed by atoms with Gasteiger partial charge in [0.05, 0.1) is 6.42 Å². The first kappa shape index (κ1) is 21.8. The van der Waals surface area contributed by atoms with Crippen LogP contribution in [0.5, 0.6) is 0 Å². The maximum absolute atomic E-state index is 13.9. The van der Waals surface area contributed by atoms with Crippen LogP contribution in [0.1, 0.15) is 51.5 Å². The first-order valence-corrected chi connectivity index (χ1v) is 9.46. The maximum atomic E-state index is 13.9. The standard InChI is InChI=1S/C20H26F2N2O4/c1-3-12(2)16(10-19(27)28)23-17(25)9-14-7-8-18(26)24(14)11-13-5-4-6-15(21)20(13)22/h4-6,12,14,16H,3,7-11H2,1-2H3,(H,23,25)(H,27,28)/t12?,14-,16?/m1/s1. The van der Waals surface area contributed by atoms with Crippen LogP contribution >= 0.6 is 0 Å². The Morgan fingerprint density at radius 1 is 1.36 bits per heavy atom. The third-order valence-corrected chi connectivity index (χ3v) is 5.32. The van der Waals surface area contributed by atoms with Crippen LogP contribution in [-0.2, 0) is 20.9 Å². The summed E-state index contributed by atoms with van der Waals surface area (Å²) in [5, 5.41) is 11.8. The number of benzene rings is 1. The van der Waals surface area contributed by atoms with Gasteiger partial charge in [-0.25, -0.2) is 8.78 Å². The molecule has 8 heteroatoms. The first-order chi connectivity index (χ1) is 13.2. The SMILES string of the molecule is CCC(C)C(CC(=O)O)NC(=O)C[C@H]1CCC(=O)N1Cc1cccc(F)c1F. The molecule has 1 saturated heterocycles. The molecule has 1 aromatic rings. The Hall–Kier alpha value is -2.51. The molecule has 2 N–H and O–H groups in total. The molecule has 154 valence electrons. The minimum absolute atomic E-state index is 0.00473. The van der Waals surface area contributed by atoms with Crippen LogP contribution in [0.4, 0.5) is 8.78 Å². The minimum atomic E-state index is -0.997. The second kappa shape index (κ2) is 9.61. The van der Waals surface area contributed by atoms with Crippen LogP contribution in [0.2, 0.25) is 0 Å². The number of rotatable bonds is 9. The van der Waals surface area contributed by atoms with Crippen molar-refractivity contribution in [2.24, 2.45) is 5.92 Å². The van der Waals surface area contributed by atoms with Gasteiger partial charge < -0.3 is 15.3 Å². The largest absolute Gasteiger partial charge is 0.481 e. The van der Waals surface area contributed by atoms with E-state index in [1.807, 2.05) is 13.8 Å². The van der Waals surface area contributed by atoms with Crippen LogP contribution in [0.15, 0.2) is 18.2 Å². The molecular formula is C20H26F2N2O4. The van der Waals surface area contributed by atoms with E-state index >= 15 is 0 Å². The van der Waals surface area contributed by atoms with Crippen molar-refractivity contribution in [3.8, 4) is 0 Å². The number of aliphatic carboxylic acids is 1. The molecule has 1 heterocycles. The molecular weight excluding hydrogens is 370 g/mol. The summed E-state index contributed by atoms with van der Waals surface area (Å²) in [5.41, 5.74) is 0.0593.